The lowest BCUT2D eigenvalue weighted by molar-refractivity contribution is 0.0503. The highest BCUT2D eigenvalue weighted by atomic mass is 28.3. The number of nitrogens with one attached hydrogen (secondary N) is 1. The van der Waals surface area contributed by atoms with Gasteiger partial charge in [-0.1, -0.05) is 90.2 Å². The zero-order valence-corrected chi connectivity index (χ0v) is 19.0. The molecule has 0 saturated carbocycles. The Labute approximate surface area is 170 Å². The molecule has 4 heteroatoms. The van der Waals surface area contributed by atoms with Crippen LogP contribution in [-0.2, 0) is 4.74 Å². The summed E-state index contributed by atoms with van der Waals surface area (Å²) >= 11 is 0. The van der Waals surface area contributed by atoms with Gasteiger partial charge in [-0.2, -0.15) is 0 Å². The molecular formula is C24H33NO2Si. The van der Waals surface area contributed by atoms with Gasteiger partial charge in [-0.05, 0) is 39.7 Å². The molecule has 1 N–H and O–H groups in total. The number of benzene rings is 2. The van der Waals surface area contributed by atoms with Crippen LogP contribution in [-0.4, -0.2) is 19.8 Å². The standard InChI is InChI=1S/C24H33NO2Si/c1-7-20(28(5,6)21-16-12-9-13-17-21)18-22(19-14-10-8-11-15-19)25-23(26)27-24(2,3)4/h7-17,22H,18H2,1-6H3,(H,25,26)/b20-7+. The monoisotopic (exact) mass is 395 g/mol. The van der Waals surface area contributed by atoms with Crippen LogP contribution < -0.4 is 10.5 Å². The Morgan fingerprint density at radius 1 is 1.04 bits per heavy atom. The third-order valence-electron chi connectivity index (χ3n) is 4.96. The summed E-state index contributed by atoms with van der Waals surface area (Å²) in [5.41, 5.74) is 0.567. The molecule has 150 valence electrons. The Morgan fingerprint density at radius 3 is 2.07 bits per heavy atom. The molecule has 0 aromatic heterocycles. The minimum absolute atomic E-state index is 0.127. The van der Waals surface area contributed by atoms with Crippen molar-refractivity contribution in [1.82, 2.24) is 5.32 Å². The van der Waals surface area contributed by atoms with Crippen LogP contribution in [0.4, 0.5) is 4.79 Å². The van der Waals surface area contributed by atoms with Crippen LogP contribution >= 0.6 is 0 Å². The second kappa shape index (κ2) is 9.24. The van der Waals surface area contributed by atoms with Crippen molar-refractivity contribution >= 4 is 19.4 Å². The summed E-state index contributed by atoms with van der Waals surface area (Å²) in [6, 6.07) is 20.7. The SMILES string of the molecule is C/C=C(\CC(NC(=O)OC(C)(C)C)c1ccccc1)[Si](C)(C)c1ccccc1. The Bertz CT molecular complexity index is 792. The molecule has 28 heavy (non-hydrogen) atoms. The van der Waals surface area contributed by atoms with Crippen molar-refractivity contribution in [3.05, 3.63) is 77.5 Å². The van der Waals surface area contributed by atoms with Gasteiger partial charge in [0.05, 0.1) is 6.04 Å². The van der Waals surface area contributed by atoms with Crippen molar-refractivity contribution in [2.45, 2.75) is 58.9 Å². The summed E-state index contributed by atoms with van der Waals surface area (Å²) in [7, 11) is -1.83. The number of rotatable bonds is 6. The molecule has 2 aromatic carbocycles. The summed E-state index contributed by atoms with van der Waals surface area (Å²) in [6.45, 7) is 12.5. The number of hydrogen-bond acceptors (Lipinski definition) is 2. The van der Waals surface area contributed by atoms with Crippen LogP contribution in [0.2, 0.25) is 13.1 Å². The van der Waals surface area contributed by atoms with Crippen LogP contribution in [0, 0.1) is 0 Å². The van der Waals surface area contributed by atoms with Gasteiger partial charge in [0.25, 0.3) is 0 Å². The maximum absolute atomic E-state index is 12.5. The van der Waals surface area contributed by atoms with Crippen molar-refractivity contribution in [2.75, 3.05) is 0 Å². The van der Waals surface area contributed by atoms with Crippen LogP contribution in [0.25, 0.3) is 0 Å². The molecule has 0 bridgehead atoms. The van der Waals surface area contributed by atoms with Crippen LogP contribution in [0.15, 0.2) is 71.9 Å². The smallest absolute Gasteiger partial charge is 0.408 e. The van der Waals surface area contributed by atoms with E-state index in [4.69, 9.17) is 4.74 Å². The van der Waals surface area contributed by atoms with E-state index in [1.807, 2.05) is 39.0 Å². The molecule has 0 saturated heterocycles. The fourth-order valence-corrected chi connectivity index (χ4v) is 6.21. The molecule has 1 atom stereocenters. The molecule has 0 fully saturated rings. The third-order valence-corrected chi connectivity index (χ3v) is 8.84. The molecule has 0 aliphatic rings. The average Bonchev–Trinajstić information content (AvgIpc) is 2.64. The minimum atomic E-state index is -1.83. The van der Waals surface area contributed by atoms with Gasteiger partial charge < -0.3 is 10.1 Å². The van der Waals surface area contributed by atoms with E-state index in [-0.39, 0.29) is 12.1 Å². The highest BCUT2D eigenvalue weighted by Gasteiger charge is 2.30. The molecule has 1 amide bonds. The zero-order valence-electron chi connectivity index (χ0n) is 18.0. The van der Waals surface area contributed by atoms with Crippen LogP contribution in [0.3, 0.4) is 0 Å². The summed E-state index contributed by atoms with van der Waals surface area (Å²) in [5.74, 6) is 0. The number of allylic oxidation sites excluding steroid dienone is 1. The average molecular weight is 396 g/mol. The second-order valence-electron chi connectivity index (χ2n) is 8.62. The van der Waals surface area contributed by atoms with Crippen molar-refractivity contribution in [3.63, 3.8) is 0 Å². The van der Waals surface area contributed by atoms with Gasteiger partial charge in [0.2, 0.25) is 0 Å². The Hall–Kier alpha value is -2.33. The van der Waals surface area contributed by atoms with E-state index in [1.165, 1.54) is 10.4 Å². The van der Waals surface area contributed by atoms with Crippen LogP contribution in [0.5, 0.6) is 0 Å². The molecule has 3 nitrogen and oxygen atoms in total. The van der Waals surface area contributed by atoms with E-state index in [0.717, 1.165) is 12.0 Å². The Balaban J connectivity index is 2.29. The van der Waals surface area contributed by atoms with Gasteiger partial charge in [0, 0.05) is 0 Å². The first-order valence-corrected chi connectivity index (χ1v) is 12.9. The molecule has 0 radical (unpaired) electrons. The Morgan fingerprint density at radius 2 is 1.57 bits per heavy atom. The maximum atomic E-state index is 12.5. The van der Waals surface area contributed by atoms with Crippen molar-refractivity contribution in [1.29, 1.82) is 0 Å². The van der Waals surface area contributed by atoms with Gasteiger partial charge in [-0.3, -0.25) is 0 Å². The first kappa shape index (κ1) is 22.0. The molecule has 0 aliphatic carbocycles. The van der Waals surface area contributed by atoms with Crippen LogP contribution in [0.1, 0.15) is 45.7 Å². The van der Waals surface area contributed by atoms with E-state index in [9.17, 15) is 4.79 Å². The second-order valence-corrected chi connectivity index (χ2v) is 13.1. The predicted octanol–water partition coefficient (Wildman–Crippen LogP) is 5.74. The molecular weight excluding hydrogens is 362 g/mol. The molecule has 0 spiro atoms. The number of carbonyl (C=O) groups excluding carboxylic acids is 1. The van der Waals surface area contributed by atoms with Gasteiger partial charge in [0.1, 0.15) is 13.7 Å². The van der Waals surface area contributed by atoms with Gasteiger partial charge in [-0.25, -0.2) is 4.79 Å². The number of alkyl carbamates (subject to hydrolysis) is 1. The van der Waals surface area contributed by atoms with Gasteiger partial charge in [-0.15, -0.1) is 0 Å². The first-order valence-electron chi connectivity index (χ1n) is 9.89. The number of carbonyl (C=O) groups is 1. The normalized spacial score (nSPS) is 13.7. The van der Waals surface area contributed by atoms with E-state index >= 15 is 0 Å². The van der Waals surface area contributed by atoms with E-state index in [0.29, 0.717) is 0 Å². The maximum Gasteiger partial charge on any atom is 0.408 e. The summed E-state index contributed by atoms with van der Waals surface area (Å²) in [4.78, 5) is 12.5. The molecule has 2 aromatic rings. The predicted molar refractivity (Wildman–Crippen MR) is 120 cm³/mol. The minimum Gasteiger partial charge on any atom is -0.444 e. The lowest BCUT2D eigenvalue weighted by atomic mass is 10.0. The fourth-order valence-electron chi connectivity index (χ4n) is 3.38. The number of ether oxygens (including phenoxy) is 1. The number of amides is 1. The quantitative estimate of drug-likeness (QED) is 0.633. The fraction of sp³-hybridized carbons (Fsp3) is 0.375. The summed E-state index contributed by atoms with van der Waals surface area (Å²) in [6.07, 6.45) is 2.62. The van der Waals surface area contributed by atoms with Crippen molar-refractivity contribution < 1.29 is 9.53 Å². The number of hydrogen-bond donors (Lipinski definition) is 1. The lowest BCUT2D eigenvalue weighted by Gasteiger charge is -2.31. The van der Waals surface area contributed by atoms with Gasteiger partial charge >= 0.3 is 6.09 Å². The lowest BCUT2D eigenvalue weighted by Crippen LogP contribution is -2.45. The summed E-state index contributed by atoms with van der Waals surface area (Å²) in [5, 5.41) is 5.90. The van der Waals surface area contributed by atoms with Gasteiger partial charge in [0.15, 0.2) is 0 Å². The highest BCUT2D eigenvalue weighted by Crippen LogP contribution is 2.28. The first-order chi connectivity index (χ1) is 13.1. The third kappa shape index (κ3) is 6.09. The molecule has 0 aliphatic heterocycles. The van der Waals surface area contributed by atoms with E-state index < -0.39 is 13.7 Å². The highest BCUT2D eigenvalue weighted by molar-refractivity contribution is 6.95. The molecule has 2 rings (SSSR count). The van der Waals surface area contributed by atoms with E-state index in [2.05, 4.69) is 73.9 Å². The van der Waals surface area contributed by atoms with E-state index in [1.54, 1.807) is 0 Å². The summed E-state index contributed by atoms with van der Waals surface area (Å²) < 4.78 is 5.52. The Kier molecular flexibility index (Phi) is 7.25. The molecule has 1 unspecified atom stereocenters. The largest absolute Gasteiger partial charge is 0.444 e. The van der Waals surface area contributed by atoms with Crippen molar-refractivity contribution in [2.24, 2.45) is 0 Å². The topological polar surface area (TPSA) is 38.3 Å². The van der Waals surface area contributed by atoms with Crippen molar-refractivity contribution in [3.8, 4) is 0 Å². The zero-order chi connectivity index (χ0) is 20.8. The molecule has 0 heterocycles.